The molecule has 178 valence electrons. The summed E-state index contributed by atoms with van der Waals surface area (Å²) in [4.78, 5) is 35.8. The van der Waals surface area contributed by atoms with Gasteiger partial charge in [0.25, 0.3) is 5.69 Å². The van der Waals surface area contributed by atoms with Gasteiger partial charge in [-0.25, -0.2) is 4.79 Å². The van der Waals surface area contributed by atoms with Crippen molar-refractivity contribution in [1.82, 2.24) is 0 Å². The third-order valence-electron chi connectivity index (χ3n) is 5.13. The number of amides is 1. The van der Waals surface area contributed by atoms with Crippen LogP contribution in [0.3, 0.4) is 0 Å². The largest absolute Gasteiger partial charge is 0.461 e. The number of hydrogen-bond acceptors (Lipinski definition) is 8. The molecule has 10 heteroatoms. The molecule has 35 heavy (non-hydrogen) atoms. The summed E-state index contributed by atoms with van der Waals surface area (Å²) >= 11 is 0. The maximum absolute atomic E-state index is 13.2. The smallest absolute Gasteiger partial charge is 0.354 e. The molecule has 0 saturated carbocycles. The van der Waals surface area contributed by atoms with Crippen LogP contribution < -0.4 is 15.1 Å². The number of benzene rings is 3. The van der Waals surface area contributed by atoms with Gasteiger partial charge in [0.05, 0.1) is 17.2 Å². The van der Waals surface area contributed by atoms with E-state index in [4.69, 9.17) is 9.47 Å². The Bertz CT molecular complexity index is 1260. The molecule has 3 aromatic carbocycles. The highest BCUT2D eigenvalue weighted by molar-refractivity contribution is 6.38. The molecule has 0 aromatic heterocycles. The summed E-state index contributed by atoms with van der Waals surface area (Å²) in [6.07, 6.45) is 0.0958. The lowest BCUT2D eigenvalue weighted by atomic mass is 10.1. The zero-order valence-electron chi connectivity index (χ0n) is 18.8. The molecule has 10 nitrogen and oxygen atoms in total. The van der Waals surface area contributed by atoms with Gasteiger partial charge < -0.3 is 14.8 Å². The Morgan fingerprint density at radius 3 is 2.49 bits per heavy atom. The van der Waals surface area contributed by atoms with Crippen molar-refractivity contribution in [2.45, 2.75) is 19.4 Å². The fourth-order valence-electron chi connectivity index (χ4n) is 3.51. The molecule has 1 aliphatic rings. The van der Waals surface area contributed by atoms with Crippen LogP contribution in [0.4, 0.5) is 17.1 Å². The van der Waals surface area contributed by atoms with Crippen molar-refractivity contribution in [2.75, 3.05) is 16.9 Å². The van der Waals surface area contributed by atoms with Crippen molar-refractivity contribution in [3.05, 3.63) is 89.0 Å². The fourth-order valence-corrected chi connectivity index (χ4v) is 3.51. The highest BCUT2D eigenvalue weighted by Gasteiger charge is 2.36. The zero-order chi connectivity index (χ0) is 24.8. The highest BCUT2D eigenvalue weighted by Crippen LogP contribution is 2.28. The van der Waals surface area contributed by atoms with Crippen LogP contribution in [0.1, 0.15) is 13.3 Å². The van der Waals surface area contributed by atoms with E-state index in [0.717, 1.165) is 0 Å². The topological polar surface area (TPSA) is 123 Å². The first-order valence-electron chi connectivity index (χ1n) is 10.9. The first-order valence-corrected chi connectivity index (χ1v) is 10.9. The van der Waals surface area contributed by atoms with E-state index in [1.54, 1.807) is 43.3 Å². The van der Waals surface area contributed by atoms with Gasteiger partial charge in [0.1, 0.15) is 23.3 Å². The number of nitrogens with zero attached hydrogens (tertiary/aromatic N) is 3. The molecule has 0 radical (unpaired) electrons. The lowest BCUT2D eigenvalue weighted by Crippen LogP contribution is -2.38. The standard InChI is InChI=1S/C25H22N4O6/c1-2-34-25(31)22-16-23(28(27-22)18-8-4-3-5-9-18)24(30)26-17-7-6-10-21(15-17)35-20-13-11-19(12-14-20)29(32)33/h3-15,23H,2,16H2,1H3,(H,26,30). The van der Waals surface area contributed by atoms with E-state index in [0.29, 0.717) is 22.9 Å². The predicted molar refractivity (Wildman–Crippen MR) is 130 cm³/mol. The van der Waals surface area contributed by atoms with Crippen LogP contribution in [0, 0.1) is 10.1 Å². The Balaban J connectivity index is 1.49. The second-order valence-corrected chi connectivity index (χ2v) is 7.54. The number of ether oxygens (including phenoxy) is 2. The predicted octanol–water partition coefficient (Wildman–Crippen LogP) is 4.52. The first kappa shape index (κ1) is 23.4. The summed E-state index contributed by atoms with van der Waals surface area (Å²) in [6.45, 7) is 1.92. The molecular formula is C25H22N4O6. The Morgan fingerprint density at radius 1 is 1.06 bits per heavy atom. The second kappa shape index (κ2) is 10.5. The minimum atomic E-state index is -0.754. The van der Waals surface area contributed by atoms with Gasteiger partial charge >= 0.3 is 5.97 Å². The number of hydrogen-bond donors (Lipinski definition) is 1. The summed E-state index contributed by atoms with van der Waals surface area (Å²) in [5.74, 6) is -0.0596. The van der Waals surface area contributed by atoms with E-state index < -0.39 is 16.9 Å². The van der Waals surface area contributed by atoms with Crippen molar-refractivity contribution in [1.29, 1.82) is 0 Å². The number of esters is 1. The maximum Gasteiger partial charge on any atom is 0.354 e. The molecule has 1 unspecified atom stereocenters. The number of para-hydroxylation sites is 1. The minimum absolute atomic E-state index is 0.0395. The van der Waals surface area contributed by atoms with Gasteiger partial charge in [-0.15, -0.1) is 0 Å². The van der Waals surface area contributed by atoms with Crippen LogP contribution in [-0.4, -0.2) is 35.2 Å². The summed E-state index contributed by atoms with van der Waals surface area (Å²) in [7, 11) is 0. The average molecular weight is 474 g/mol. The van der Waals surface area contributed by atoms with Gasteiger partial charge in [0, 0.05) is 30.3 Å². The Hall–Kier alpha value is -4.73. The molecule has 1 heterocycles. The quantitative estimate of drug-likeness (QED) is 0.289. The molecule has 3 aromatic rings. The van der Waals surface area contributed by atoms with E-state index >= 15 is 0 Å². The number of nitro groups is 1. The normalized spacial score (nSPS) is 14.7. The third-order valence-corrected chi connectivity index (χ3v) is 5.13. The fraction of sp³-hybridized carbons (Fsp3) is 0.160. The molecular weight excluding hydrogens is 452 g/mol. The maximum atomic E-state index is 13.2. The van der Waals surface area contributed by atoms with Crippen LogP contribution in [0.2, 0.25) is 0 Å². The minimum Gasteiger partial charge on any atom is -0.461 e. The summed E-state index contributed by atoms with van der Waals surface area (Å²) in [5, 5.41) is 19.5. The molecule has 0 aliphatic carbocycles. The van der Waals surface area contributed by atoms with Crippen molar-refractivity contribution < 1.29 is 24.0 Å². The van der Waals surface area contributed by atoms with Crippen LogP contribution in [-0.2, 0) is 14.3 Å². The van der Waals surface area contributed by atoms with Crippen LogP contribution in [0.5, 0.6) is 11.5 Å². The number of carbonyl (C=O) groups is 2. The number of anilines is 2. The lowest BCUT2D eigenvalue weighted by molar-refractivity contribution is -0.384. The monoisotopic (exact) mass is 474 g/mol. The summed E-state index contributed by atoms with van der Waals surface area (Å²) in [6, 6.07) is 20.8. The van der Waals surface area contributed by atoms with Crippen molar-refractivity contribution in [2.24, 2.45) is 5.10 Å². The number of nitrogens with one attached hydrogen (secondary N) is 1. The number of non-ortho nitro benzene ring substituents is 1. The van der Waals surface area contributed by atoms with E-state index in [1.165, 1.54) is 29.3 Å². The Labute approximate surface area is 200 Å². The van der Waals surface area contributed by atoms with Gasteiger partial charge in [-0.3, -0.25) is 19.9 Å². The second-order valence-electron chi connectivity index (χ2n) is 7.54. The van der Waals surface area contributed by atoms with E-state index in [1.807, 2.05) is 18.2 Å². The van der Waals surface area contributed by atoms with Crippen molar-refractivity contribution in [3.63, 3.8) is 0 Å². The molecule has 1 N–H and O–H groups in total. The van der Waals surface area contributed by atoms with E-state index in [2.05, 4.69) is 10.4 Å². The molecule has 1 amide bonds. The molecule has 0 bridgehead atoms. The zero-order valence-corrected chi connectivity index (χ0v) is 18.8. The van der Waals surface area contributed by atoms with Gasteiger partial charge in [-0.05, 0) is 43.3 Å². The van der Waals surface area contributed by atoms with Gasteiger partial charge in [0.2, 0.25) is 5.91 Å². The molecule has 1 atom stereocenters. The van der Waals surface area contributed by atoms with Crippen LogP contribution in [0.15, 0.2) is 84.0 Å². The molecule has 0 fully saturated rings. The summed E-state index contributed by atoms with van der Waals surface area (Å²) in [5.41, 5.74) is 1.28. The SMILES string of the molecule is CCOC(=O)C1=NN(c2ccccc2)C(C(=O)Nc2cccc(Oc3ccc([N+](=O)[O-])cc3)c2)C1. The van der Waals surface area contributed by atoms with Gasteiger partial charge in [-0.1, -0.05) is 24.3 Å². The average Bonchev–Trinajstić information content (AvgIpc) is 3.31. The highest BCUT2D eigenvalue weighted by atomic mass is 16.6. The van der Waals surface area contributed by atoms with Crippen LogP contribution in [0.25, 0.3) is 0 Å². The number of nitro benzene ring substituents is 1. The lowest BCUT2D eigenvalue weighted by Gasteiger charge is -2.22. The third kappa shape index (κ3) is 5.61. The van der Waals surface area contributed by atoms with E-state index in [9.17, 15) is 19.7 Å². The number of hydrazone groups is 1. The van der Waals surface area contributed by atoms with Crippen molar-refractivity contribution >= 4 is 34.7 Å². The number of carbonyl (C=O) groups excluding carboxylic acids is 2. The van der Waals surface area contributed by atoms with Crippen LogP contribution >= 0.6 is 0 Å². The summed E-state index contributed by atoms with van der Waals surface area (Å²) < 4.78 is 10.8. The molecule has 1 aliphatic heterocycles. The van der Waals surface area contributed by atoms with Crippen molar-refractivity contribution in [3.8, 4) is 11.5 Å². The van der Waals surface area contributed by atoms with Gasteiger partial charge in [0.15, 0.2) is 0 Å². The molecule has 4 rings (SSSR count). The first-order chi connectivity index (χ1) is 16.9. The molecule has 0 saturated heterocycles. The number of rotatable bonds is 8. The van der Waals surface area contributed by atoms with E-state index in [-0.39, 0.29) is 30.3 Å². The molecule has 0 spiro atoms. The Kier molecular flexibility index (Phi) is 7.01. The van der Waals surface area contributed by atoms with Gasteiger partial charge in [-0.2, -0.15) is 5.10 Å². The Morgan fingerprint density at radius 2 is 1.80 bits per heavy atom.